The first-order valence-electron chi connectivity index (χ1n) is 8.71. The van der Waals surface area contributed by atoms with Gasteiger partial charge in [-0.2, -0.15) is 0 Å². The number of pyridine rings is 1. The molecule has 3 rings (SSSR count). The second-order valence-electron chi connectivity index (χ2n) is 6.37. The van der Waals surface area contributed by atoms with Crippen molar-refractivity contribution in [1.29, 1.82) is 0 Å². The molecule has 2 aromatic rings. The topological polar surface area (TPSA) is 69.8 Å². The Morgan fingerprint density at radius 2 is 2.16 bits per heavy atom. The molecule has 0 saturated heterocycles. The lowest BCUT2D eigenvalue weighted by Crippen LogP contribution is -2.45. The van der Waals surface area contributed by atoms with Gasteiger partial charge >= 0.3 is 0 Å². The summed E-state index contributed by atoms with van der Waals surface area (Å²) in [6, 6.07) is 7.13. The minimum atomic E-state index is 0. The van der Waals surface area contributed by atoms with Gasteiger partial charge in [0.15, 0.2) is 17.4 Å². The SMILES string of the molecule is CCNC(=NCc1nnc2ccccn12)NCC(C)N(C)C1CC1.I. The summed E-state index contributed by atoms with van der Waals surface area (Å²) in [7, 11) is 2.20. The molecule has 7 nitrogen and oxygen atoms in total. The van der Waals surface area contributed by atoms with Gasteiger partial charge in [0.05, 0.1) is 0 Å². The average molecular weight is 457 g/mol. The first kappa shape index (κ1) is 19.9. The van der Waals surface area contributed by atoms with Gasteiger partial charge in [0.25, 0.3) is 0 Å². The van der Waals surface area contributed by atoms with Crippen LogP contribution >= 0.6 is 24.0 Å². The highest BCUT2D eigenvalue weighted by Crippen LogP contribution is 2.26. The van der Waals surface area contributed by atoms with Crippen LogP contribution < -0.4 is 10.6 Å². The second-order valence-corrected chi connectivity index (χ2v) is 6.37. The maximum atomic E-state index is 4.65. The Labute approximate surface area is 166 Å². The minimum absolute atomic E-state index is 0. The Morgan fingerprint density at radius 3 is 2.88 bits per heavy atom. The number of hydrogen-bond donors (Lipinski definition) is 2. The minimum Gasteiger partial charge on any atom is -0.357 e. The average Bonchev–Trinajstić information content (AvgIpc) is 3.37. The van der Waals surface area contributed by atoms with Crippen molar-refractivity contribution in [3.63, 3.8) is 0 Å². The van der Waals surface area contributed by atoms with Gasteiger partial charge in [-0.25, -0.2) is 4.99 Å². The fourth-order valence-corrected chi connectivity index (χ4v) is 2.72. The maximum Gasteiger partial charge on any atom is 0.191 e. The molecule has 2 aromatic heterocycles. The van der Waals surface area contributed by atoms with Crippen LogP contribution in [0, 0.1) is 0 Å². The van der Waals surface area contributed by atoms with Gasteiger partial charge in [-0.05, 0) is 45.9 Å². The van der Waals surface area contributed by atoms with Crippen LogP contribution in [0.5, 0.6) is 0 Å². The van der Waals surface area contributed by atoms with Crippen LogP contribution in [0.1, 0.15) is 32.5 Å². The molecule has 1 aliphatic rings. The normalized spacial score (nSPS) is 15.9. The summed E-state index contributed by atoms with van der Waals surface area (Å²) in [4.78, 5) is 7.10. The van der Waals surface area contributed by atoms with Crippen molar-refractivity contribution in [3.05, 3.63) is 30.2 Å². The van der Waals surface area contributed by atoms with Gasteiger partial charge in [-0.3, -0.25) is 9.30 Å². The molecule has 1 fully saturated rings. The number of guanidine groups is 1. The molecule has 25 heavy (non-hydrogen) atoms. The zero-order valence-electron chi connectivity index (χ0n) is 15.1. The van der Waals surface area contributed by atoms with Crippen LogP contribution in [0.4, 0.5) is 0 Å². The van der Waals surface area contributed by atoms with Crippen molar-refractivity contribution in [2.75, 3.05) is 20.1 Å². The van der Waals surface area contributed by atoms with E-state index in [9.17, 15) is 0 Å². The van der Waals surface area contributed by atoms with Gasteiger partial charge in [0, 0.05) is 31.4 Å². The summed E-state index contributed by atoms with van der Waals surface area (Å²) in [5.41, 5.74) is 0.848. The van der Waals surface area contributed by atoms with Crippen molar-refractivity contribution in [2.45, 2.75) is 45.3 Å². The summed E-state index contributed by atoms with van der Waals surface area (Å²) < 4.78 is 1.97. The van der Waals surface area contributed by atoms with E-state index in [1.54, 1.807) is 0 Å². The number of aromatic nitrogens is 3. The number of rotatable bonds is 7. The molecule has 2 heterocycles. The summed E-state index contributed by atoms with van der Waals surface area (Å²) in [5.74, 6) is 1.66. The van der Waals surface area contributed by atoms with E-state index < -0.39 is 0 Å². The van der Waals surface area contributed by atoms with Crippen molar-refractivity contribution in [3.8, 4) is 0 Å². The largest absolute Gasteiger partial charge is 0.357 e. The zero-order valence-corrected chi connectivity index (χ0v) is 17.5. The molecular weight excluding hydrogens is 429 g/mol. The van der Waals surface area contributed by atoms with Crippen LogP contribution in [0.25, 0.3) is 5.65 Å². The molecule has 1 aliphatic carbocycles. The Balaban J connectivity index is 0.00000225. The number of aliphatic imine (C=N–C) groups is 1. The lowest BCUT2D eigenvalue weighted by molar-refractivity contribution is 0.247. The van der Waals surface area contributed by atoms with Gasteiger partial charge in [-0.1, -0.05) is 6.07 Å². The Hall–Kier alpha value is -1.42. The molecule has 0 bridgehead atoms. The number of hydrogen-bond acceptors (Lipinski definition) is 4. The summed E-state index contributed by atoms with van der Waals surface area (Å²) in [6.45, 7) is 6.52. The highest BCUT2D eigenvalue weighted by Gasteiger charge is 2.28. The molecule has 1 unspecified atom stereocenters. The predicted molar refractivity (Wildman–Crippen MR) is 111 cm³/mol. The highest BCUT2D eigenvalue weighted by atomic mass is 127. The van der Waals surface area contributed by atoms with Crippen LogP contribution in [0.15, 0.2) is 29.4 Å². The molecular formula is C17H28IN7. The molecule has 0 amide bonds. The maximum absolute atomic E-state index is 4.65. The number of likely N-dealkylation sites (N-methyl/N-ethyl adjacent to an activating group) is 1. The van der Waals surface area contributed by atoms with Crippen molar-refractivity contribution in [2.24, 2.45) is 4.99 Å². The van der Waals surface area contributed by atoms with Crippen LogP contribution in [0.2, 0.25) is 0 Å². The van der Waals surface area contributed by atoms with E-state index >= 15 is 0 Å². The van der Waals surface area contributed by atoms with E-state index in [1.165, 1.54) is 12.8 Å². The molecule has 1 atom stereocenters. The molecule has 0 radical (unpaired) electrons. The van der Waals surface area contributed by atoms with Crippen LogP contribution in [-0.2, 0) is 6.54 Å². The molecule has 0 spiro atoms. The first-order chi connectivity index (χ1) is 11.7. The third-order valence-electron chi connectivity index (χ3n) is 4.49. The fraction of sp³-hybridized carbons (Fsp3) is 0.588. The first-order valence-corrected chi connectivity index (χ1v) is 8.71. The lowest BCUT2D eigenvalue weighted by Gasteiger charge is -2.25. The Bertz CT molecular complexity index is 695. The third-order valence-corrected chi connectivity index (χ3v) is 4.49. The van der Waals surface area contributed by atoms with E-state index in [2.05, 4.69) is 51.6 Å². The molecule has 0 aliphatic heterocycles. The van der Waals surface area contributed by atoms with Gasteiger partial charge in [-0.15, -0.1) is 34.2 Å². The lowest BCUT2D eigenvalue weighted by atomic mass is 10.3. The van der Waals surface area contributed by atoms with E-state index in [1.807, 2.05) is 28.8 Å². The van der Waals surface area contributed by atoms with E-state index in [-0.39, 0.29) is 24.0 Å². The van der Waals surface area contributed by atoms with Gasteiger partial charge < -0.3 is 10.6 Å². The van der Waals surface area contributed by atoms with Crippen molar-refractivity contribution < 1.29 is 0 Å². The number of halogens is 1. The molecule has 2 N–H and O–H groups in total. The van der Waals surface area contributed by atoms with E-state index in [4.69, 9.17) is 0 Å². The van der Waals surface area contributed by atoms with Crippen LogP contribution in [-0.4, -0.2) is 57.7 Å². The van der Waals surface area contributed by atoms with Crippen LogP contribution in [0.3, 0.4) is 0 Å². The summed E-state index contributed by atoms with van der Waals surface area (Å²) >= 11 is 0. The van der Waals surface area contributed by atoms with Crippen molar-refractivity contribution in [1.82, 2.24) is 30.1 Å². The Kier molecular flexibility index (Phi) is 7.42. The molecule has 138 valence electrons. The van der Waals surface area contributed by atoms with E-state index in [0.717, 1.165) is 36.6 Å². The second kappa shape index (κ2) is 9.33. The third kappa shape index (κ3) is 5.27. The number of fused-ring (bicyclic) bond motifs is 1. The Morgan fingerprint density at radius 1 is 1.36 bits per heavy atom. The molecule has 1 saturated carbocycles. The molecule has 8 heteroatoms. The predicted octanol–water partition coefficient (Wildman–Crippen LogP) is 1.89. The van der Waals surface area contributed by atoms with Gasteiger partial charge in [0.2, 0.25) is 0 Å². The highest BCUT2D eigenvalue weighted by molar-refractivity contribution is 14.0. The smallest absolute Gasteiger partial charge is 0.191 e. The monoisotopic (exact) mass is 457 g/mol. The standard InChI is InChI=1S/C17H27N7.HI/c1-4-18-17(19-11-13(2)23(3)14-8-9-14)20-12-16-22-21-15-7-5-6-10-24(15)16;/h5-7,10,13-14H,4,8-9,11-12H2,1-3H3,(H2,18,19,20);1H. The van der Waals surface area contributed by atoms with Crippen molar-refractivity contribution >= 4 is 35.6 Å². The number of nitrogens with one attached hydrogen (secondary N) is 2. The zero-order chi connectivity index (χ0) is 16.9. The van der Waals surface area contributed by atoms with Gasteiger partial charge in [0.1, 0.15) is 6.54 Å². The van der Waals surface area contributed by atoms with E-state index in [0.29, 0.717) is 12.6 Å². The summed E-state index contributed by atoms with van der Waals surface area (Å²) in [5, 5.41) is 15.1. The fourth-order valence-electron chi connectivity index (χ4n) is 2.72. The summed E-state index contributed by atoms with van der Waals surface area (Å²) in [6.07, 6.45) is 4.62. The molecule has 0 aromatic carbocycles. The quantitative estimate of drug-likeness (QED) is 0.378. The number of nitrogens with zero attached hydrogens (tertiary/aromatic N) is 5.